The summed E-state index contributed by atoms with van der Waals surface area (Å²) in [6, 6.07) is 9.77. The molecule has 0 unspecified atom stereocenters. The SMILES string of the molecule is N#CCOc1cccc(N2CCOCC2)c1. The summed E-state index contributed by atoms with van der Waals surface area (Å²) in [4.78, 5) is 2.25. The fraction of sp³-hybridized carbons (Fsp3) is 0.417. The van der Waals surface area contributed by atoms with E-state index < -0.39 is 0 Å². The lowest BCUT2D eigenvalue weighted by atomic mass is 10.2. The van der Waals surface area contributed by atoms with E-state index in [0.717, 1.165) is 37.7 Å². The molecule has 16 heavy (non-hydrogen) atoms. The van der Waals surface area contributed by atoms with Gasteiger partial charge in [0.2, 0.25) is 0 Å². The Morgan fingerprint density at radius 2 is 2.19 bits per heavy atom. The summed E-state index contributed by atoms with van der Waals surface area (Å²) in [5.74, 6) is 0.741. The maximum absolute atomic E-state index is 8.44. The summed E-state index contributed by atoms with van der Waals surface area (Å²) in [6.07, 6.45) is 0. The van der Waals surface area contributed by atoms with Gasteiger partial charge < -0.3 is 14.4 Å². The molecule has 0 amide bonds. The van der Waals surface area contributed by atoms with Crippen LogP contribution in [-0.2, 0) is 4.74 Å². The molecule has 4 heteroatoms. The first kappa shape index (κ1) is 10.8. The molecular formula is C12H14N2O2. The predicted molar refractivity (Wildman–Crippen MR) is 60.6 cm³/mol. The van der Waals surface area contributed by atoms with E-state index in [0.29, 0.717) is 0 Å². The van der Waals surface area contributed by atoms with Gasteiger partial charge in [-0.15, -0.1) is 0 Å². The lowest BCUT2D eigenvalue weighted by Gasteiger charge is -2.29. The smallest absolute Gasteiger partial charge is 0.174 e. The van der Waals surface area contributed by atoms with Crippen molar-refractivity contribution in [3.8, 4) is 11.8 Å². The maximum Gasteiger partial charge on any atom is 0.174 e. The summed E-state index contributed by atoms with van der Waals surface area (Å²) in [6.45, 7) is 3.43. The van der Waals surface area contributed by atoms with Crippen molar-refractivity contribution in [3.63, 3.8) is 0 Å². The van der Waals surface area contributed by atoms with Crippen LogP contribution < -0.4 is 9.64 Å². The van der Waals surface area contributed by atoms with Gasteiger partial charge >= 0.3 is 0 Å². The topological polar surface area (TPSA) is 45.5 Å². The fourth-order valence-electron chi connectivity index (χ4n) is 1.71. The van der Waals surface area contributed by atoms with Crippen molar-refractivity contribution in [1.29, 1.82) is 5.26 Å². The minimum atomic E-state index is 0.0898. The lowest BCUT2D eigenvalue weighted by molar-refractivity contribution is 0.122. The third kappa shape index (κ3) is 2.65. The molecule has 0 radical (unpaired) electrons. The lowest BCUT2D eigenvalue weighted by Crippen LogP contribution is -2.36. The number of anilines is 1. The highest BCUT2D eigenvalue weighted by Crippen LogP contribution is 2.21. The minimum Gasteiger partial charge on any atom is -0.479 e. The van der Waals surface area contributed by atoms with Crippen LogP contribution >= 0.6 is 0 Å². The van der Waals surface area contributed by atoms with E-state index in [1.807, 2.05) is 30.3 Å². The Bertz CT molecular complexity index is 381. The second kappa shape index (κ2) is 5.38. The highest BCUT2D eigenvalue weighted by Gasteiger charge is 2.11. The highest BCUT2D eigenvalue weighted by atomic mass is 16.5. The number of rotatable bonds is 3. The Labute approximate surface area is 95.0 Å². The molecule has 0 N–H and O–H groups in total. The van der Waals surface area contributed by atoms with Gasteiger partial charge in [0, 0.05) is 24.8 Å². The van der Waals surface area contributed by atoms with Gasteiger partial charge in [-0.25, -0.2) is 0 Å². The number of morpholine rings is 1. The van der Waals surface area contributed by atoms with Crippen molar-refractivity contribution in [2.24, 2.45) is 0 Å². The quantitative estimate of drug-likeness (QED) is 0.769. The molecule has 1 aromatic rings. The molecule has 1 saturated heterocycles. The highest BCUT2D eigenvalue weighted by molar-refractivity contribution is 5.51. The van der Waals surface area contributed by atoms with E-state index in [4.69, 9.17) is 14.7 Å². The van der Waals surface area contributed by atoms with Crippen LogP contribution in [0.15, 0.2) is 24.3 Å². The van der Waals surface area contributed by atoms with Gasteiger partial charge in [0.05, 0.1) is 13.2 Å². The number of hydrogen-bond acceptors (Lipinski definition) is 4. The standard InChI is InChI=1S/C12H14N2O2/c13-4-7-16-12-3-1-2-11(10-12)14-5-8-15-9-6-14/h1-3,10H,5-9H2. The van der Waals surface area contributed by atoms with Gasteiger partial charge in [0.25, 0.3) is 0 Å². The first-order valence-corrected chi connectivity index (χ1v) is 5.32. The molecule has 2 rings (SSSR count). The summed E-state index contributed by atoms with van der Waals surface area (Å²) in [7, 11) is 0. The van der Waals surface area contributed by atoms with E-state index in [2.05, 4.69) is 4.90 Å². The van der Waals surface area contributed by atoms with E-state index in [9.17, 15) is 0 Å². The van der Waals surface area contributed by atoms with E-state index in [-0.39, 0.29) is 6.61 Å². The fourth-order valence-corrected chi connectivity index (χ4v) is 1.71. The van der Waals surface area contributed by atoms with Crippen molar-refractivity contribution in [1.82, 2.24) is 0 Å². The van der Waals surface area contributed by atoms with Gasteiger partial charge in [0.15, 0.2) is 6.61 Å². The molecule has 0 bridgehead atoms. The first-order chi connectivity index (χ1) is 7.90. The zero-order valence-corrected chi connectivity index (χ0v) is 9.06. The normalized spacial score (nSPS) is 15.6. The first-order valence-electron chi connectivity index (χ1n) is 5.32. The molecular weight excluding hydrogens is 204 g/mol. The van der Waals surface area contributed by atoms with Crippen LogP contribution in [0.2, 0.25) is 0 Å². The largest absolute Gasteiger partial charge is 0.479 e. The molecule has 1 aliphatic heterocycles. The number of ether oxygens (including phenoxy) is 2. The van der Waals surface area contributed by atoms with Crippen LogP contribution in [-0.4, -0.2) is 32.9 Å². The van der Waals surface area contributed by atoms with Crippen LogP contribution in [0.5, 0.6) is 5.75 Å². The van der Waals surface area contributed by atoms with Crippen molar-refractivity contribution in [2.45, 2.75) is 0 Å². The Balaban J connectivity index is 2.06. The van der Waals surface area contributed by atoms with E-state index >= 15 is 0 Å². The summed E-state index contributed by atoms with van der Waals surface area (Å²) >= 11 is 0. The second-order valence-corrected chi connectivity index (χ2v) is 3.54. The van der Waals surface area contributed by atoms with Crippen LogP contribution in [0.25, 0.3) is 0 Å². The molecule has 0 atom stereocenters. The summed E-state index contributed by atoms with van der Waals surface area (Å²) < 4.78 is 10.6. The molecule has 1 aromatic carbocycles. The predicted octanol–water partition coefficient (Wildman–Crippen LogP) is 1.43. The van der Waals surface area contributed by atoms with Gasteiger partial charge in [-0.3, -0.25) is 0 Å². The minimum absolute atomic E-state index is 0.0898. The van der Waals surface area contributed by atoms with E-state index in [1.54, 1.807) is 0 Å². The maximum atomic E-state index is 8.44. The van der Waals surface area contributed by atoms with Crippen molar-refractivity contribution >= 4 is 5.69 Å². The summed E-state index contributed by atoms with van der Waals surface area (Å²) in [5, 5.41) is 8.44. The third-order valence-electron chi connectivity index (χ3n) is 2.50. The zero-order chi connectivity index (χ0) is 11.2. The Morgan fingerprint density at radius 1 is 1.38 bits per heavy atom. The Hall–Kier alpha value is -1.73. The number of nitriles is 1. The Kier molecular flexibility index (Phi) is 3.62. The van der Waals surface area contributed by atoms with Crippen molar-refractivity contribution in [2.75, 3.05) is 37.8 Å². The molecule has 84 valence electrons. The average molecular weight is 218 g/mol. The molecule has 4 nitrogen and oxygen atoms in total. The second-order valence-electron chi connectivity index (χ2n) is 3.54. The molecule has 0 spiro atoms. The van der Waals surface area contributed by atoms with Gasteiger partial charge in [-0.2, -0.15) is 5.26 Å². The van der Waals surface area contributed by atoms with Crippen LogP contribution in [0.1, 0.15) is 0 Å². The molecule has 1 aliphatic rings. The van der Waals surface area contributed by atoms with Gasteiger partial charge in [0.1, 0.15) is 11.8 Å². The van der Waals surface area contributed by atoms with Crippen LogP contribution in [0.4, 0.5) is 5.69 Å². The van der Waals surface area contributed by atoms with Gasteiger partial charge in [-0.1, -0.05) is 6.07 Å². The average Bonchev–Trinajstić information content (AvgIpc) is 2.38. The van der Waals surface area contributed by atoms with Crippen molar-refractivity contribution in [3.05, 3.63) is 24.3 Å². The zero-order valence-electron chi connectivity index (χ0n) is 9.06. The molecule has 1 fully saturated rings. The number of benzene rings is 1. The molecule has 0 aliphatic carbocycles. The number of nitrogens with zero attached hydrogens (tertiary/aromatic N) is 2. The Morgan fingerprint density at radius 3 is 2.94 bits per heavy atom. The molecule has 0 saturated carbocycles. The van der Waals surface area contributed by atoms with Crippen molar-refractivity contribution < 1.29 is 9.47 Å². The third-order valence-corrected chi connectivity index (χ3v) is 2.50. The summed E-state index contributed by atoms with van der Waals surface area (Å²) in [5.41, 5.74) is 1.12. The molecule has 1 heterocycles. The van der Waals surface area contributed by atoms with Crippen LogP contribution in [0, 0.1) is 11.3 Å². The van der Waals surface area contributed by atoms with Crippen LogP contribution in [0.3, 0.4) is 0 Å². The molecule has 0 aromatic heterocycles. The van der Waals surface area contributed by atoms with E-state index in [1.165, 1.54) is 0 Å². The number of hydrogen-bond donors (Lipinski definition) is 0. The monoisotopic (exact) mass is 218 g/mol. The van der Waals surface area contributed by atoms with Gasteiger partial charge in [-0.05, 0) is 12.1 Å².